The Hall–Kier alpha value is -0.850. The summed E-state index contributed by atoms with van der Waals surface area (Å²) in [4.78, 5) is 14.2. The molecule has 0 spiro atoms. The summed E-state index contributed by atoms with van der Waals surface area (Å²) >= 11 is 0. The van der Waals surface area contributed by atoms with E-state index >= 15 is 0 Å². The van der Waals surface area contributed by atoms with Crippen molar-refractivity contribution in [1.82, 2.24) is 10.2 Å². The van der Waals surface area contributed by atoms with E-state index in [-0.39, 0.29) is 36.8 Å². The van der Waals surface area contributed by atoms with Crippen molar-refractivity contribution in [2.75, 3.05) is 32.8 Å². The maximum absolute atomic E-state index is 12.0. The van der Waals surface area contributed by atoms with Crippen molar-refractivity contribution >= 4 is 30.7 Å². The van der Waals surface area contributed by atoms with E-state index < -0.39 is 0 Å². The number of benzene rings is 1. The number of halogens is 2. The number of hydrogen-bond donors (Lipinski definition) is 2. The summed E-state index contributed by atoms with van der Waals surface area (Å²) in [5, 5.41) is 2.87. The highest BCUT2D eigenvalue weighted by molar-refractivity contribution is 5.85. The van der Waals surface area contributed by atoms with E-state index in [4.69, 9.17) is 10.5 Å². The predicted molar refractivity (Wildman–Crippen MR) is 92.6 cm³/mol. The molecular formula is C15H25Cl2N3O2. The van der Waals surface area contributed by atoms with Gasteiger partial charge in [-0.2, -0.15) is 0 Å². The van der Waals surface area contributed by atoms with Gasteiger partial charge in [0.1, 0.15) is 6.10 Å². The molecule has 1 amide bonds. The maximum atomic E-state index is 12.0. The first kappa shape index (κ1) is 21.1. The molecule has 1 unspecified atom stereocenters. The van der Waals surface area contributed by atoms with Crippen LogP contribution in [0.25, 0.3) is 0 Å². The summed E-state index contributed by atoms with van der Waals surface area (Å²) < 4.78 is 5.55. The number of nitrogens with two attached hydrogens (primary N) is 1. The molecule has 22 heavy (non-hydrogen) atoms. The number of nitrogens with one attached hydrogen (secondary N) is 1. The highest BCUT2D eigenvalue weighted by Gasteiger charge is 2.26. The van der Waals surface area contributed by atoms with Gasteiger partial charge in [0.15, 0.2) is 0 Å². The highest BCUT2D eigenvalue weighted by atomic mass is 35.5. The SMILES string of the molecule is Cl.Cl.NCCCNC(=O)C1CN(Cc2ccccc2)CCO1. The number of morpholine rings is 1. The van der Waals surface area contributed by atoms with Gasteiger partial charge in [-0.25, -0.2) is 0 Å². The van der Waals surface area contributed by atoms with Crippen molar-refractivity contribution in [3.63, 3.8) is 0 Å². The molecule has 1 atom stereocenters. The Morgan fingerprint density at radius 2 is 2.05 bits per heavy atom. The minimum Gasteiger partial charge on any atom is -0.366 e. The van der Waals surface area contributed by atoms with Crippen LogP contribution in [0.1, 0.15) is 12.0 Å². The Bertz CT molecular complexity index is 421. The van der Waals surface area contributed by atoms with Crippen LogP contribution in [0.2, 0.25) is 0 Å². The molecule has 0 bridgehead atoms. The van der Waals surface area contributed by atoms with Crippen LogP contribution in [0.4, 0.5) is 0 Å². The standard InChI is InChI=1S/C15H23N3O2.2ClH/c16-7-4-8-17-15(19)14-12-18(9-10-20-14)11-13-5-2-1-3-6-13;;/h1-3,5-6,14H,4,7-12,16H2,(H,17,19);2*1H. The lowest BCUT2D eigenvalue weighted by Crippen LogP contribution is -2.49. The molecule has 1 saturated heterocycles. The van der Waals surface area contributed by atoms with Gasteiger partial charge in [0, 0.05) is 26.2 Å². The van der Waals surface area contributed by atoms with Crippen molar-refractivity contribution in [1.29, 1.82) is 0 Å². The van der Waals surface area contributed by atoms with E-state index in [0.29, 0.717) is 26.2 Å². The smallest absolute Gasteiger partial charge is 0.250 e. The van der Waals surface area contributed by atoms with Crippen molar-refractivity contribution in [2.45, 2.75) is 19.1 Å². The predicted octanol–water partition coefficient (Wildman–Crippen LogP) is 1.20. The first-order valence-electron chi connectivity index (χ1n) is 7.15. The molecule has 1 fully saturated rings. The molecule has 2 rings (SSSR count). The zero-order valence-electron chi connectivity index (χ0n) is 12.6. The largest absolute Gasteiger partial charge is 0.366 e. The Morgan fingerprint density at radius 1 is 1.32 bits per heavy atom. The van der Waals surface area contributed by atoms with Crippen LogP contribution in [0.15, 0.2) is 30.3 Å². The van der Waals surface area contributed by atoms with Crippen LogP contribution in [0.3, 0.4) is 0 Å². The van der Waals surface area contributed by atoms with E-state index in [2.05, 4.69) is 22.3 Å². The number of amides is 1. The Kier molecular flexibility index (Phi) is 11.2. The third kappa shape index (κ3) is 6.94. The topological polar surface area (TPSA) is 67.6 Å². The van der Waals surface area contributed by atoms with Crippen molar-refractivity contribution in [3.05, 3.63) is 35.9 Å². The number of ether oxygens (including phenoxy) is 1. The summed E-state index contributed by atoms with van der Waals surface area (Å²) in [5.74, 6) is -0.0313. The number of hydrogen-bond acceptors (Lipinski definition) is 4. The highest BCUT2D eigenvalue weighted by Crippen LogP contribution is 2.10. The average Bonchev–Trinajstić information content (AvgIpc) is 2.49. The van der Waals surface area contributed by atoms with Gasteiger partial charge in [0.2, 0.25) is 5.91 Å². The third-order valence-electron chi connectivity index (χ3n) is 3.37. The molecule has 1 aliphatic rings. The summed E-state index contributed by atoms with van der Waals surface area (Å²) in [6.07, 6.45) is 0.428. The molecule has 3 N–H and O–H groups in total. The van der Waals surface area contributed by atoms with Gasteiger partial charge in [0.25, 0.3) is 0 Å². The van der Waals surface area contributed by atoms with Crippen LogP contribution in [0, 0.1) is 0 Å². The second-order valence-corrected chi connectivity index (χ2v) is 5.01. The summed E-state index contributed by atoms with van der Waals surface area (Å²) in [6.45, 7) is 4.17. The lowest BCUT2D eigenvalue weighted by Gasteiger charge is -2.32. The minimum absolute atomic E-state index is 0. The molecular weight excluding hydrogens is 325 g/mol. The van der Waals surface area contributed by atoms with Crippen molar-refractivity contribution in [2.24, 2.45) is 5.73 Å². The molecule has 0 saturated carbocycles. The van der Waals surface area contributed by atoms with Crippen molar-refractivity contribution in [3.8, 4) is 0 Å². The number of carbonyl (C=O) groups is 1. The van der Waals surface area contributed by atoms with Gasteiger partial charge in [-0.3, -0.25) is 9.69 Å². The first-order chi connectivity index (χ1) is 9.79. The summed E-state index contributed by atoms with van der Waals surface area (Å²) in [6, 6.07) is 10.3. The van der Waals surface area contributed by atoms with Gasteiger partial charge in [0.05, 0.1) is 6.61 Å². The first-order valence-corrected chi connectivity index (χ1v) is 7.15. The van der Waals surface area contributed by atoms with Gasteiger partial charge in [-0.05, 0) is 18.5 Å². The van der Waals surface area contributed by atoms with Crippen LogP contribution in [-0.2, 0) is 16.1 Å². The summed E-state index contributed by atoms with van der Waals surface area (Å²) in [5.41, 5.74) is 6.67. The average molecular weight is 350 g/mol. The van der Waals surface area contributed by atoms with Gasteiger partial charge < -0.3 is 15.8 Å². The monoisotopic (exact) mass is 349 g/mol. The normalized spacial score (nSPS) is 18.0. The molecule has 0 aliphatic carbocycles. The van der Waals surface area contributed by atoms with Crippen LogP contribution in [-0.4, -0.2) is 49.7 Å². The van der Waals surface area contributed by atoms with E-state index in [1.54, 1.807) is 0 Å². The van der Waals surface area contributed by atoms with E-state index in [1.165, 1.54) is 5.56 Å². The Morgan fingerprint density at radius 3 is 2.73 bits per heavy atom. The van der Waals surface area contributed by atoms with Crippen LogP contribution in [0.5, 0.6) is 0 Å². The molecule has 1 aromatic carbocycles. The van der Waals surface area contributed by atoms with Crippen LogP contribution >= 0.6 is 24.8 Å². The van der Waals surface area contributed by atoms with Crippen molar-refractivity contribution < 1.29 is 9.53 Å². The lowest BCUT2D eigenvalue weighted by atomic mass is 10.2. The summed E-state index contributed by atoms with van der Waals surface area (Å²) in [7, 11) is 0. The molecule has 1 aromatic rings. The fraction of sp³-hybridized carbons (Fsp3) is 0.533. The van der Waals surface area contributed by atoms with E-state index in [9.17, 15) is 4.79 Å². The second-order valence-electron chi connectivity index (χ2n) is 5.01. The fourth-order valence-electron chi connectivity index (χ4n) is 2.27. The number of nitrogens with zero attached hydrogens (tertiary/aromatic N) is 1. The molecule has 126 valence electrons. The van der Waals surface area contributed by atoms with E-state index in [1.807, 2.05) is 18.2 Å². The molecule has 5 nitrogen and oxygen atoms in total. The molecule has 0 radical (unpaired) electrons. The molecule has 1 aliphatic heterocycles. The van der Waals surface area contributed by atoms with E-state index in [0.717, 1.165) is 19.5 Å². The maximum Gasteiger partial charge on any atom is 0.250 e. The number of rotatable bonds is 6. The lowest BCUT2D eigenvalue weighted by molar-refractivity contribution is -0.138. The van der Waals surface area contributed by atoms with Gasteiger partial charge in [-0.15, -0.1) is 24.8 Å². The number of carbonyl (C=O) groups excluding carboxylic acids is 1. The molecule has 1 heterocycles. The third-order valence-corrected chi connectivity index (χ3v) is 3.37. The minimum atomic E-state index is -0.370. The molecule has 0 aromatic heterocycles. The van der Waals surface area contributed by atoms with Crippen LogP contribution < -0.4 is 11.1 Å². The van der Waals surface area contributed by atoms with Gasteiger partial charge in [-0.1, -0.05) is 30.3 Å². The second kappa shape index (κ2) is 11.7. The fourth-order valence-corrected chi connectivity index (χ4v) is 2.27. The molecule has 7 heteroatoms. The Labute approximate surface area is 144 Å². The van der Waals surface area contributed by atoms with Gasteiger partial charge >= 0.3 is 0 Å². The quantitative estimate of drug-likeness (QED) is 0.757. The zero-order valence-corrected chi connectivity index (χ0v) is 14.2. The zero-order chi connectivity index (χ0) is 14.2. The Balaban J connectivity index is 0.00000220.